The van der Waals surface area contributed by atoms with Crippen LogP contribution in [0.3, 0.4) is 0 Å². The van der Waals surface area contributed by atoms with Gasteiger partial charge in [-0.2, -0.15) is 0 Å². The Hall–Kier alpha value is -1.36. The summed E-state index contributed by atoms with van der Waals surface area (Å²) in [4.78, 5) is 4.78. The van der Waals surface area contributed by atoms with Crippen LogP contribution in [0, 0.1) is 3.57 Å². The zero-order valence-corrected chi connectivity index (χ0v) is 12.2. The van der Waals surface area contributed by atoms with Crippen molar-refractivity contribution < 1.29 is 0 Å². The van der Waals surface area contributed by atoms with Crippen molar-refractivity contribution in [2.75, 3.05) is 5.32 Å². The number of aliphatic imine (C=N–C) groups is 1. The number of nitrogens with one attached hydrogen (secondary N) is 1. The van der Waals surface area contributed by atoms with Crippen LogP contribution in [0.15, 0.2) is 53.5 Å². The van der Waals surface area contributed by atoms with Crippen LogP contribution >= 0.6 is 22.6 Å². The van der Waals surface area contributed by atoms with Crippen molar-refractivity contribution in [3.05, 3.63) is 57.7 Å². The molecule has 0 spiro atoms. The number of para-hydroxylation sites is 2. The maximum Gasteiger partial charge on any atom is 0.0865 e. The van der Waals surface area contributed by atoms with Crippen LogP contribution in [0.2, 0.25) is 0 Å². The van der Waals surface area contributed by atoms with E-state index >= 15 is 0 Å². The van der Waals surface area contributed by atoms with Crippen LogP contribution in [0.1, 0.15) is 12.5 Å². The average Bonchev–Trinajstić information content (AvgIpc) is 2.39. The van der Waals surface area contributed by atoms with Gasteiger partial charge in [-0.05, 0) is 59.3 Å². The second-order valence-corrected chi connectivity index (χ2v) is 5.63. The molecule has 0 saturated carbocycles. The first-order chi connectivity index (χ1) is 8.74. The molecule has 0 radical (unpaired) electrons. The molecule has 0 aliphatic carbocycles. The Labute approximate surface area is 120 Å². The lowest BCUT2D eigenvalue weighted by atomic mass is 10.0. The Morgan fingerprint density at radius 1 is 1.06 bits per heavy atom. The molecule has 3 heteroatoms. The highest BCUT2D eigenvalue weighted by molar-refractivity contribution is 14.1. The van der Waals surface area contributed by atoms with Crippen LogP contribution in [-0.2, 0) is 0 Å². The van der Waals surface area contributed by atoms with E-state index in [1.807, 2.05) is 18.2 Å². The summed E-state index contributed by atoms with van der Waals surface area (Å²) in [5.74, 6) is 0. The van der Waals surface area contributed by atoms with E-state index in [0.29, 0.717) is 0 Å². The first kappa shape index (κ1) is 11.7. The summed E-state index contributed by atoms with van der Waals surface area (Å²) in [6.45, 7) is 2.15. The van der Waals surface area contributed by atoms with Gasteiger partial charge < -0.3 is 5.32 Å². The molecular weight excluding hydrogens is 335 g/mol. The monoisotopic (exact) mass is 348 g/mol. The quantitative estimate of drug-likeness (QED) is 0.767. The van der Waals surface area contributed by atoms with Gasteiger partial charge in [-0.1, -0.05) is 24.3 Å². The molecule has 1 atom stereocenters. The zero-order chi connectivity index (χ0) is 12.5. The smallest absolute Gasteiger partial charge is 0.0865 e. The van der Waals surface area contributed by atoms with Gasteiger partial charge in [-0.25, -0.2) is 4.99 Å². The summed E-state index contributed by atoms with van der Waals surface area (Å²) in [7, 11) is 0. The van der Waals surface area contributed by atoms with Gasteiger partial charge >= 0.3 is 0 Å². The summed E-state index contributed by atoms with van der Waals surface area (Å²) >= 11 is 2.32. The standard InChI is InChI=1S/C15H13IN2/c1-10-15(11-6-8-12(16)9-7-11)18-14-5-3-2-4-13(14)17-10/h2-10,17H,1H3/t10-/m0/s1. The van der Waals surface area contributed by atoms with Gasteiger partial charge in [0.1, 0.15) is 0 Å². The molecule has 1 heterocycles. The number of fused-ring (bicyclic) bond motifs is 1. The van der Waals surface area contributed by atoms with E-state index < -0.39 is 0 Å². The van der Waals surface area contributed by atoms with Crippen LogP contribution in [-0.4, -0.2) is 11.8 Å². The summed E-state index contributed by atoms with van der Waals surface area (Å²) in [6, 6.07) is 16.9. The number of benzene rings is 2. The van der Waals surface area contributed by atoms with Gasteiger partial charge in [0.2, 0.25) is 0 Å². The minimum atomic E-state index is 0.236. The largest absolute Gasteiger partial charge is 0.375 e. The molecule has 0 amide bonds. The number of rotatable bonds is 1. The number of hydrogen-bond donors (Lipinski definition) is 1. The molecule has 18 heavy (non-hydrogen) atoms. The van der Waals surface area contributed by atoms with E-state index in [4.69, 9.17) is 4.99 Å². The zero-order valence-electron chi connectivity index (χ0n) is 10.0. The van der Waals surface area contributed by atoms with E-state index in [1.165, 1.54) is 9.13 Å². The molecular formula is C15H13IN2. The topological polar surface area (TPSA) is 24.4 Å². The van der Waals surface area contributed by atoms with Gasteiger partial charge in [-0.15, -0.1) is 0 Å². The highest BCUT2D eigenvalue weighted by Crippen LogP contribution is 2.30. The van der Waals surface area contributed by atoms with Crippen LogP contribution in [0.25, 0.3) is 0 Å². The Balaban J connectivity index is 2.07. The molecule has 2 nitrogen and oxygen atoms in total. The van der Waals surface area contributed by atoms with E-state index in [9.17, 15) is 0 Å². The average molecular weight is 348 g/mol. The molecule has 90 valence electrons. The van der Waals surface area contributed by atoms with Gasteiger partial charge in [0.15, 0.2) is 0 Å². The molecule has 0 aromatic heterocycles. The van der Waals surface area contributed by atoms with Gasteiger partial charge in [0.25, 0.3) is 0 Å². The number of halogens is 1. The second-order valence-electron chi connectivity index (χ2n) is 4.39. The summed E-state index contributed by atoms with van der Waals surface area (Å²) in [5.41, 5.74) is 4.42. The third-order valence-corrected chi connectivity index (χ3v) is 3.79. The Kier molecular flexibility index (Phi) is 3.07. The highest BCUT2D eigenvalue weighted by Gasteiger charge is 2.19. The van der Waals surface area contributed by atoms with E-state index in [2.05, 4.69) is 65.2 Å². The van der Waals surface area contributed by atoms with Crippen LogP contribution in [0.5, 0.6) is 0 Å². The Morgan fingerprint density at radius 3 is 2.56 bits per heavy atom. The number of hydrogen-bond acceptors (Lipinski definition) is 2. The first-order valence-electron chi connectivity index (χ1n) is 5.94. The Morgan fingerprint density at radius 2 is 1.78 bits per heavy atom. The molecule has 0 fully saturated rings. The lowest BCUT2D eigenvalue weighted by Crippen LogP contribution is -2.29. The molecule has 2 aromatic rings. The van der Waals surface area contributed by atoms with E-state index in [0.717, 1.165) is 17.1 Å². The van der Waals surface area contributed by atoms with Crippen molar-refractivity contribution in [1.82, 2.24) is 0 Å². The molecule has 1 aliphatic rings. The van der Waals surface area contributed by atoms with Crippen LogP contribution < -0.4 is 5.32 Å². The van der Waals surface area contributed by atoms with Crippen LogP contribution in [0.4, 0.5) is 11.4 Å². The third kappa shape index (κ3) is 2.14. The Bertz CT molecular complexity index is 602. The minimum Gasteiger partial charge on any atom is -0.375 e. The molecule has 0 unspecified atom stereocenters. The number of nitrogens with zero attached hydrogens (tertiary/aromatic N) is 1. The fraction of sp³-hybridized carbons (Fsp3) is 0.133. The maximum atomic E-state index is 4.78. The molecule has 0 bridgehead atoms. The minimum absolute atomic E-state index is 0.236. The molecule has 1 N–H and O–H groups in total. The van der Waals surface area contributed by atoms with Crippen molar-refractivity contribution in [3.8, 4) is 0 Å². The fourth-order valence-corrected chi connectivity index (χ4v) is 2.52. The van der Waals surface area contributed by atoms with Gasteiger partial charge in [-0.3, -0.25) is 0 Å². The fourth-order valence-electron chi connectivity index (χ4n) is 2.16. The predicted octanol–water partition coefficient (Wildman–Crippen LogP) is 4.23. The van der Waals surface area contributed by atoms with Gasteiger partial charge in [0.05, 0.1) is 23.1 Å². The third-order valence-electron chi connectivity index (χ3n) is 3.07. The molecule has 1 aliphatic heterocycles. The molecule has 0 saturated heterocycles. The lowest BCUT2D eigenvalue weighted by molar-refractivity contribution is 1.03. The summed E-state index contributed by atoms with van der Waals surface area (Å²) in [6.07, 6.45) is 0. The molecule has 3 rings (SSSR count). The normalized spacial score (nSPS) is 17.7. The predicted molar refractivity (Wildman–Crippen MR) is 84.9 cm³/mol. The van der Waals surface area contributed by atoms with Crippen molar-refractivity contribution in [3.63, 3.8) is 0 Å². The van der Waals surface area contributed by atoms with Crippen molar-refractivity contribution in [1.29, 1.82) is 0 Å². The van der Waals surface area contributed by atoms with Crippen molar-refractivity contribution >= 4 is 39.7 Å². The summed E-state index contributed by atoms with van der Waals surface area (Å²) in [5, 5.41) is 3.49. The van der Waals surface area contributed by atoms with E-state index in [-0.39, 0.29) is 6.04 Å². The highest BCUT2D eigenvalue weighted by atomic mass is 127. The number of anilines is 1. The summed E-state index contributed by atoms with van der Waals surface area (Å²) < 4.78 is 1.24. The lowest BCUT2D eigenvalue weighted by Gasteiger charge is -2.24. The first-order valence-corrected chi connectivity index (χ1v) is 7.02. The second kappa shape index (κ2) is 4.72. The van der Waals surface area contributed by atoms with Crippen molar-refractivity contribution in [2.45, 2.75) is 13.0 Å². The van der Waals surface area contributed by atoms with E-state index in [1.54, 1.807) is 0 Å². The molecule has 2 aromatic carbocycles. The van der Waals surface area contributed by atoms with Gasteiger partial charge in [0, 0.05) is 3.57 Å². The van der Waals surface area contributed by atoms with Crippen molar-refractivity contribution in [2.24, 2.45) is 4.99 Å². The SMILES string of the molecule is C[C@@H]1Nc2ccccc2N=C1c1ccc(I)cc1. The maximum absolute atomic E-state index is 4.78.